The van der Waals surface area contributed by atoms with E-state index in [1.807, 2.05) is 4.90 Å². The van der Waals surface area contributed by atoms with Crippen molar-refractivity contribution < 1.29 is 14.3 Å². The fourth-order valence-electron chi connectivity index (χ4n) is 2.12. The van der Waals surface area contributed by atoms with Crippen LogP contribution >= 0.6 is 0 Å². The first kappa shape index (κ1) is 16.2. The van der Waals surface area contributed by atoms with Gasteiger partial charge in [-0.2, -0.15) is 0 Å². The van der Waals surface area contributed by atoms with Crippen LogP contribution in [0, 0.1) is 5.92 Å². The molecule has 0 saturated carbocycles. The molecule has 1 rings (SSSR count). The number of likely N-dealkylation sites (tertiary alicyclic amines) is 1. The van der Waals surface area contributed by atoms with Crippen LogP contribution in [0.5, 0.6) is 0 Å². The molecule has 6 heteroatoms. The number of nitrogens with two attached hydrogens (primary N) is 1. The molecule has 1 aliphatic heterocycles. The van der Waals surface area contributed by atoms with Gasteiger partial charge < -0.3 is 25.4 Å². The third kappa shape index (κ3) is 7.34. The van der Waals surface area contributed by atoms with E-state index in [4.69, 9.17) is 15.2 Å². The minimum Gasteiger partial charge on any atom is -0.378 e. The molecule has 0 radical (unpaired) electrons. The van der Waals surface area contributed by atoms with E-state index in [1.165, 1.54) is 6.42 Å². The maximum absolute atomic E-state index is 11.8. The molecule has 0 aromatic carbocycles. The van der Waals surface area contributed by atoms with Gasteiger partial charge in [0.1, 0.15) is 0 Å². The Morgan fingerprint density at radius 1 is 1.32 bits per heavy atom. The third-order valence-electron chi connectivity index (χ3n) is 3.10. The molecule has 1 unspecified atom stereocenters. The molecule has 0 bridgehead atoms. The average Bonchev–Trinajstić information content (AvgIpc) is 2.41. The maximum Gasteiger partial charge on any atom is 0.317 e. The van der Waals surface area contributed by atoms with Crippen LogP contribution in [0.2, 0.25) is 0 Å². The van der Waals surface area contributed by atoms with E-state index in [1.54, 1.807) is 0 Å². The molecule has 1 atom stereocenters. The van der Waals surface area contributed by atoms with Crippen LogP contribution in [0.3, 0.4) is 0 Å². The first-order valence-corrected chi connectivity index (χ1v) is 7.12. The van der Waals surface area contributed by atoms with Crippen molar-refractivity contribution in [2.45, 2.75) is 19.8 Å². The summed E-state index contributed by atoms with van der Waals surface area (Å²) in [5.74, 6) is 0.607. The van der Waals surface area contributed by atoms with Gasteiger partial charge in [0.2, 0.25) is 0 Å². The lowest BCUT2D eigenvalue weighted by Crippen LogP contribution is -2.45. The number of urea groups is 1. The van der Waals surface area contributed by atoms with Crippen molar-refractivity contribution in [2.75, 3.05) is 52.6 Å². The van der Waals surface area contributed by atoms with Crippen LogP contribution in [-0.4, -0.2) is 63.5 Å². The summed E-state index contributed by atoms with van der Waals surface area (Å²) in [5.41, 5.74) is 5.29. The summed E-state index contributed by atoms with van der Waals surface area (Å²) in [6, 6.07) is 0.0227. The lowest BCUT2D eigenvalue weighted by atomic mass is 10.0. The lowest BCUT2D eigenvalue weighted by molar-refractivity contribution is 0.0519. The molecule has 1 aliphatic rings. The molecule has 0 aliphatic carbocycles. The summed E-state index contributed by atoms with van der Waals surface area (Å²) < 4.78 is 10.5. The summed E-state index contributed by atoms with van der Waals surface area (Å²) in [6.45, 7) is 7.15. The number of hydrogen-bond acceptors (Lipinski definition) is 4. The number of carbonyl (C=O) groups excluding carboxylic acids is 1. The average molecular weight is 273 g/mol. The number of piperidine rings is 1. The van der Waals surface area contributed by atoms with Crippen molar-refractivity contribution in [1.82, 2.24) is 10.2 Å². The van der Waals surface area contributed by atoms with E-state index in [-0.39, 0.29) is 6.03 Å². The molecule has 0 aromatic rings. The molecule has 1 fully saturated rings. The number of amides is 2. The van der Waals surface area contributed by atoms with E-state index in [2.05, 4.69) is 12.2 Å². The second kappa shape index (κ2) is 10.00. The van der Waals surface area contributed by atoms with E-state index in [0.717, 1.165) is 19.5 Å². The first-order chi connectivity index (χ1) is 9.24. The highest BCUT2D eigenvalue weighted by atomic mass is 16.5. The Labute approximate surface area is 115 Å². The predicted molar refractivity (Wildman–Crippen MR) is 74.1 cm³/mol. The molecular formula is C13H27N3O3. The quantitative estimate of drug-likeness (QED) is 0.628. The summed E-state index contributed by atoms with van der Waals surface area (Å²) in [4.78, 5) is 13.7. The number of nitrogens with zero attached hydrogens (tertiary/aromatic N) is 1. The van der Waals surface area contributed by atoms with Gasteiger partial charge in [0.05, 0.1) is 26.4 Å². The van der Waals surface area contributed by atoms with Crippen LogP contribution in [0.1, 0.15) is 19.8 Å². The summed E-state index contributed by atoms with van der Waals surface area (Å²) in [6.07, 6.45) is 2.32. The number of nitrogens with one attached hydrogen (secondary N) is 1. The van der Waals surface area contributed by atoms with Crippen LogP contribution in [0.4, 0.5) is 4.79 Å². The van der Waals surface area contributed by atoms with Crippen LogP contribution in [0.15, 0.2) is 0 Å². The minimum absolute atomic E-state index is 0.0227. The fourth-order valence-corrected chi connectivity index (χ4v) is 2.12. The minimum atomic E-state index is 0.0227. The SMILES string of the molecule is CC1CCCN(C(=O)NCCOCCOCCN)C1. The normalized spacial score (nSPS) is 19.5. The molecule has 0 spiro atoms. The van der Waals surface area contributed by atoms with Crippen LogP contribution in [-0.2, 0) is 9.47 Å². The number of hydrogen-bond donors (Lipinski definition) is 2. The topological polar surface area (TPSA) is 76.8 Å². The van der Waals surface area contributed by atoms with Gasteiger partial charge in [-0.15, -0.1) is 0 Å². The molecule has 112 valence electrons. The van der Waals surface area contributed by atoms with Crippen LogP contribution in [0.25, 0.3) is 0 Å². The zero-order valence-electron chi connectivity index (χ0n) is 11.9. The Bertz CT molecular complexity index is 251. The van der Waals surface area contributed by atoms with E-state index in [9.17, 15) is 4.79 Å². The van der Waals surface area contributed by atoms with E-state index in [0.29, 0.717) is 45.4 Å². The molecule has 0 aromatic heterocycles. The summed E-state index contributed by atoms with van der Waals surface area (Å²) in [5, 5.41) is 2.88. The molecule has 19 heavy (non-hydrogen) atoms. The monoisotopic (exact) mass is 273 g/mol. The van der Waals surface area contributed by atoms with Crippen LogP contribution < -0.4 is 11.1 Å². The van der Waals surface area contributed by atoms with Gasteiger partial charge in [-0.25, -0.2) is 4.79 Å². The highest BCUT2D eigenvalue weighted by Gasteiger charge is 2.20. The second-order valence-corrected chi connectivity index (χ2v) is 4.94. The molecule has 2 amide bonds. The fraction of sp³-hybridized carbons (Fsp3) is 0.923. The molecule has 6 nitrogen and oxygen atoms in total. The van der Waals surface area contributed by atoms with Gasteiger partial charge in [0.15, 0.2) is 0 Å². The smallest absolute Gasteiger partial charge is 0.317 e. The van der Waals surface area contributed by atoms with Gasteiger partial charge in [-0.1, -0.05) is 6.92 Å². The number of rotatable bonds is 8. The first-order valence-electron chi connectivity index (χ1n) is 7.12. The Morgan fingerprint density at radius 3 is 2.74 bits per heavy atom. The second-order valence-electron chi connectivity index (χ2n) is 4.94. The molecular weight excluding hydrogens is 246 g/mol. The van der Waals surface area contributed by atoms with Gasteiger partial charge in [-0.05, 0) is 18.8 Å². The van der Waals surface area contributed by atoms with Gasteiger partial charge in [0.25, 0.3) is 0 Å². The van der Waals surface area contributed by atoms with Crippen molar-refractivity contribution in [3.05, 3.63) is 0 Å². The predicted octanol–water partition coefficient (Wildman–Crippen LogP) is 0.420. The zero-order valence-corrected chi connectivity index (χ0v) is 11.9. The molecule has 1 saturated heterocycles. The standard InChI is InChI=1S/C13H27N3O3/c1-12-3-2-6-16(11-12)13(17)15-5-8-19-10-9-18-7-4-14/h12H,2-11,14H2,1H3,(H,15,17). The largest absolute Gasteiger partial charge is 0.378 e. The maximum atomic E-state index is 11.8. The van der Waals surface area contributed by atoms with Crippen molar-refractivity contribution in [3.63, 3.8) is 0 Å². The highest BCUT2D eigenvalue weighted by molar-refractivity contribution is 5.74. The summed E-state index contributed by atoms with van der Waals surface area (Å²) >= 11 is 0. The molecule has 1 heterocycles. The van der Waals surface area contributed by atoms with Crippen molar-refractivity contribution in [3.8, 4) is 0 Å². The Kier molecular flexibility index (Phi) is 8.53. The van der Waals surface area contributed by atoms with Crippen molar-refractivity contribution in [1.29, 1.82) is 0 Å². The van der Waals surface area contributed by atoms with E-state index >= 15 is 0 Å². The number of ether oxygens (including phenoxy) is 2. The Balaban J connectivity index is 1.95. The highest BCUT2D eigenvalue weighted by Crippen LogP contribution is 2.14. The van der Waals surface area contributed by atoms with Gasteiger partial charge >= 0.3 is 6.03 Å². The van der Waals surface area contributed by atoms with E-state index < -0.39 is 0 Å². The zero-order chi connectivity index (χ0) is 13.9. The third-order valence-corrected chi connectivity index (χ3v) is 3.10. The van der Waals surface area contributed by atoms with Gasteiger partial charge in [-0.3, -0.25) is 0 Å². The molecule has 3 N–H and O–H groups in total. The lowest BCUT2D eigenvalue weighted by Gasteiger charge is -2.30. The van der Waals surface area contributed by atoms with Crippen molar-refractivity contribution in [2.24, 2.45) is 11.7 Å². The Hall–Kier alpha value is -0.850. The van der Waals surface area contributed by atoms with Gasteiger partial charge in [0, 0.05) is 26.2 Å². The van der Waals surface area contributed by atoms with Crippen molar-refractivity contribution >= 4 is 6.03 Å². The number of carbonyl (C=O) groups is 1. The Morgan fingerprint density at radius 2 is 2.05 bits per heavy atom. The summed E-state index contributed by atoms with van der Waals surface area (Å²) in [7, 11) is 0.